The molecule has 0 bridgehead atoms. The topological polar surface area (TPSA) is 72.9 Å². The molecule has 0 aliphatic carbocycles. The minimum Gasteiger partial charge on any atom is -0.346 e. The number of aromatic nitrogens is 2. The Morgan fingerprint density at radius 3 is 2.90 bits per heavy atom. The maximum Gasteiger partial charge on any atom is 0.251 e. The molecule has 5 heteroatoms. The average Bonchev–Trinajstić information content (AvgIpc) is 2.89. The first-order chi connectivity index (χ1) is 10.1. The molecule has 2 rings (SSSR count). The predicted octanol–water partition coefficient (Wildman–Crippen LogP) is 0.969. The van der Waals surface area contributed by atoms with Gasteiger partial charge in [-0.1, -0.05) is 17.9 Å². The first kappa shape index (κ1) is 14.8. The minimum atomic E-state index is -0.132. The molecule has 21 heavy (non-hydrogen) atoms. The van der Waals surface area contributed by atoms with E-state index in [0.717, 1.165) is 16.8 Å². The van der Waals surface area contributed by atoms with Crippen molar-refractivity contribution in [2.75, 3.05) is 6.54 Å². The summed E-state index contributed by atoms with van der Waals surface area (Å²) < 4.78 is 1.73. The van der Waals surface area contributed by atoms with E-state index in [1.807, 2.05) is 26.1 Å². The predicted molar refractivity (Wildman–Crippen MR) is 81.5 cm³/mol. The van der Waals surface area contributed by atoms with E-state index in [1.54, 1.807) is 23.0 Å². The highest BCUT2D eigenvalue weighted by Crippen LogP contribution is 2.10. The van der Waals surface area contributed by atoms with Gasteiger partial charge in [-0.3, -0.25) is 9.48 Å². The Kier molecular flexibility index (Phi) is 4.75. The van der Waals surface area contributed by atoms with Crippen LogP contribution < -0.4 is 11.1 Å². The molecular weight excluding hydrogens is 264 g/mol. The van der Waals surface area contributed by atoms with E-state index in [1.165, 1.54) is 0 Å². The van der Waals surface area contributed by atoms with Crippen LogP contribution in [-0.4, -0.2) is 22.2 Å². The third-order valence-electron chi connectivity index (χ3n) is 3.18. The van der Waals surface area contributed by atoms with Crippen LogP contribution in [0.3, 0.4) is 0 Å². The summed E-state index contributed by atoms with van der Waals surface area (Å²) in [5.74, 6) is 5.65. The van der Waals surface area contributed by atoms with E-state index in [0.29, 0.717) is 18.7 Å². The summed E-state index contributed by atoms with van der Waals surface area (Å²) >= 11 is 0. The third-order valence-corrected chi connectivity index (χ3v) is 3.18. The van der Waals surface area contributed by atoms with E-state index < -0.39 is 0 Å². The van der Waals surface area contributed by atoms with Crippen molar-refractivity contribution in [2.45, 2.75) is 13.5 Å². The maximum atomic E-state index is 12.2. The highest BCUT2D eigenvalue weighted by atomic mass is 16.1. The van der Waals surface area contributed by atoms with Gasteiger partial charge in [-0.15, -0.1) is 0 Å². The molecule has 1 amide bonds. The van der Waals surface area contributed by atoms with Crippen molar-refractivity contribution < 1.29 is 4.79 Å². The molecule has 0 radical (unpaired) electrons. The van der Waals surface area contributed by atoms with Gasteiger partial charge in [0.1, 0.15) is 0 Å². The van der Waals surface area contributed by atoms with Gasteiger partial charge in [-0.25, -0.2) is 0 Å². The van der Waals surface area contributed by atoms with Gasteiger partial charge >= 0.3 is 0 Å². The number of carbonyl (C=O) groups excluding carboxylic acids is 1. The van der Waals surface area contributed by atoms with Crippen LogP contribution in [0.1, 0.15) is 27.2 Å². The Labute approximate surface area is 124 Å². The summed E-state index contributed by atoms with van der Waals surface area (Å²) in [5.41, 5.74) is 8.76. The Hall–Kier alpha value is -2.58. The number of hydrogen-bond acceptors (Lipinski definition) is 3. The van der Waals surface area contributed by atoms with E-state index in [4.69, 9.17) is 5.73 Å². The molecule has 1 aromatic heterocycles. The highest BCUT2D eigenvalue weighted by Gasteiger charge is 2.08. The van der Waals surface area contributed by atoms with E-state index >= 15 is 0 Å². The van der Waals surface area contributed by atoms with Gasteiger partial charge < -0.3 is 11.1 Å². The molecule has 0 aliphatic rings. The number of carbonyl (C=O) groups is 1. The molecule has 0 atom stereocenters. The zero-order valence-electron chi connectivity index (χ0n) is 12.2. The maximum absolute atomic E-state index is 12.2. The number of nitrogens with two attached hydrogens (primary N) is 1. The molecule has 0 aliphatic heterocycles. The largest absolute Gasteiger partial charge is 0.346 e. The van der Waals surface area contributed by atoms with Gasteiger partial charge in [-0.2, -0.15) is 5.10 Å². The van der Waals surface area contributed by atoms with Gasteiger partial charge in [0.15, 0.2) is 0 Å². The van der Waals surface area contributed by atoms with Crippen molar-refractivity contribution in [3.8, 4) is 11.8 Å². The molecule has 0 saturated heterocycles. The quantitative estimate of drug-likeness (QED) is 0.824. The monoisotopic (exact) mass is 282 g/mol. The molecule has 3 N–H and O–H groups in total. The normalized spacial score (nSPS) is 9.86. The number of aryl methyl sites for hydroxylation is 2. The summed E-state index contributed by atoms with van der Waals surface area (Å²) in [4.78, 5) is 12.2. The number of benzene rings is 1. The van der Waals surface area contributed by atoms with Gasteiger partial charge in [0, 0.05) is 24.4 Å². The second kappa shape index (κ2) is 6.73. The Bertz CT molecular complexity index is 707. The number of hydrogen-bond donors (Lipinski definition) is 2. The zero-order valence-corrected chi connectivity index (χ0v) is 12.2. The van der Waals surface area contributed by atoms with Crippen molar-refractivity contribution in [1.29, 1.82) is 0 Å². The van der Waals surface area contributed by atoms with Crippen LogP contribution in [0, 0.1) is 18.8 Å². The Morgan fingerprint density at radius 2 is 2.24 bits per heavy atom. The molecule has 1 aromatic carbocycles. The average molecular weight is 282 g/mol. The van der Waals surface area contributed by atoms with Crippen LogP contribution >= 0.6 is 0 Å². The summed E-state index contributed by atoms with van der Waals surface area (Å²) in [6, 6.07) is 7.34. The molecule has 108 valence electrons. The van der Waals surface area contributed by atoms with Crippen LogP contribution in [0.15, 0.2) is 30.5 Å². The van der Waals surface area contributed by atoms with E-state index in [9.17, 15) is 4.79 Å². The van der Waals surface area contributed by atoms with Gasteiger partial charge in [-0.05, 0) is 30.7 Å². The van der Waals surface area contributed by atoms with Crippen molar-refractivity contribution >= 4 is 5.91 Å². The lowest BCUT2D eigenvalue weighted by Crippen LogP contribution is -2.24. The Balaban J connectivity index is 2.10. The lowest BCUT2D eigenvalue weighted by atomic mass is 10.0. The third kappa shape index (κ3) is 3.71. The van der Waals surface area contributed by atoms with Gasteiger partial charge in [0.05, 0.1) is 18.8 Å². The van der Waals surface area contributed by atoms with E-state index in [-0.39, 0.29) is 5.91 Å². The summed E-state index contributed by atoms with van der Waals surface area (Å²) in [6.07, 6.45) is 1.70. The first-order valence-electron chi connectivity index (χ1n) is 6.66. The zero-order chi connectivity index (χ0) is 15.2. The lowest BCUT2D eigenvalue weighted by Gasteiger charge is -2.07. The van der Waals surface area contributed by atoms with Crippen molar-refractivity contribution in [2.24, 2.45) is 12.8 Å². The van der Waals surface area contributed by atoms with Crippen LogP contribution in [-0.2, 0) is 13.6 Å². The molecule has 0 fully saturated rings. The van der Waals surface area contributed by atoms with E-state index in [2.05, 4.69) is 22.3 Å². The standard InChI is InChI=1S/C16H18N4O/c1-12-5-6-14(10-13(12)4-3-8-17)16(21)18-11-15-7-9-19-20(15)2/h5-7,9-10H,8,11,17H2,1-2H3,(H,18,21). The fourth-order valence-corrected chi connectivity index (χ4v) is 1.89. The number of nitrogens with one attached hydrogen (secondary N) is 1. The van der Waals surface area contributed by atoms with Crippen LogP contribution in [0.4, 0.5) is 0 Å². The smallest absolute Gasteiger partial charge is 0.251 e. The second-order valence-corrected chi connectivity index (χ2v) is 4.66. The van der Waals surface area contributed by atoms with Crippen molar-refractivity contribution in [1.82, 2.24) is 15.1 Å². The molecule has 0 saturated carbocycles. The van der Waals surface area contributed by atoms with Crippen molar-refractivity contribution in [3.05, 3.63) is 52.8 Å². The summed E-state index contributed by atoms with van der Waals surface area (Å²) in [5, 5.41) is 6.93. The van der Waals surface area contributed by atoms with Gasteiger partial charge in [0.2, 0.25) is 0 Å². The molecule has 2 aromatic rings. The number of amides is 1. The van der Waals surface area contributed by atoms with Crippen molar-refractivity contribution in [3.63, 3.8) is 0 Å². The SMILES string of the molecule is Cc1ccc(C(=O)NCc2ccnn2C)cc1C#CCN. The minimum absolute atomic E-state index is 0.132. The molecule has 0 unspecified atom stereocenters. The molecular formula is C16H18N4O. The highest BCUT2D eigenvalue weighted by molar-refractivity contribution is 5.94. The first-order valence-corrected chi connectivity index (χ1v) is 6.66. The van der Waals surface area contributed by atoms with Crippen LogP contribution in [0.5, 0.6) is 0 Å². The fourth-order valence-electron chi connectivity index (χ4n) is 1.89. The number of nitrogens with zero attached hydrogens (tertiary/aromatic N) is 2. The van der Waals surface area contributed by atoms with Crippen LogP contribution in [0.2, 0.25) is 0 Å². The lowest BCUT2D eigenvalue weighted by molar-refractivity contribution is 0.0950. The fraction of sp³-hybridized carbons (Fsp3) is 0.250. The van der Waals surface area contributed by atoms with Crippen LogP contribution in [0.25, 0.3) is 0 Å². The molecule has 0 spiro atoms. The summed E-state index contributed by atoms with van der Waals surface area (Å²) in [7, 11) is 1.84. The second-order valence-electron chi connectivity index (χ2n) is 4.66. The molecule has 5 nitrogen and oxygen atoms in total. The Morgan fingerprint density at radius 1 is 1.43 bits per heavy atom. The number of rotatable bonds is 3. The van der Waals surface area contributed by atoms with Gasteiger partial charge in [0.25, 0.3) is 5.91 Å². The molecule has 1 heterocycles. The summed E-state index contributed by atoms with van der Waals surface area (Å²) in [6.45, 7) is 2.70.